The third kappa shape index (κ3) is 2.78. The molecule has 1 aliphatic rings. The Balaban J connectivity index is 1.88. The van der Waals surface area contributed by atoms with Crippen LogP contribution in [0.25, 0.3) is 0 Å². The third-order valence-corrected chi connectivity index (χ3v) is 3.14. The number of hydrogen-bond acceptors (Lipinski definition) is 5. The number of H-pyrrole nitrogens is 1. The molecule has 112 valence electrons. The zero-order valence-electron chi connectivity index (χ0n) is 11.7. The Morgan fingerprint density at radius 1 is 1.27 bits per heavy atom. The Morgan fingerprint density at radius 3 is 2.77 bits per heavy atom. The third-order valence-electron chi connectivity index (χ3n) is 3.14. The van der Waals surface area contributed by atoms with Gasteiger partial charge >= 0.3 is 0 Å². The molecule has 0 saturated heterocycles. The van der Waals surface area contributed by atoms with Crippen LogP contribution >= 0.6 is 0 Å². The van der Waals surface area contributed by atoms with Crippen LogP contribution in [0, 0.1) is 5.41 Å². The van der Waals surface area contributed by atoms with Crippen LogP contribution in [0.5, 0.6) is 0 Å². The van der Waals surface area contributed by atoms with Gasteiger partial charge in [0, 0.05) is 23.5 Å². The van der Waals surface area contributed by atoms with Crippen molar-refractivity contribution < 1.29 is 4.74 Å². The molecule has 7 heteroatoms. The Hall–Kier alpha value is -3.22. The zero-order valence-corrected chi connectivity index (χ0v) is 11.7. The van der Waals surface area contributed by atoms with Gasteiger partial charge in [-0.25, -0.2) is 0 Å². The number of para-hydroxylation sites is 1. The van der Waals surface area contributed by atoms with Gasteiger partial charge in [0.2, 0.25) is 0 Å². The summed E-state index contributed by atoms with van der Waals surface area (Å²) in [7, 11) is 0. The van der Waals surface area contributed by atoms with E-state index in [0.717, 1.165) is 17.2 Å². The first kappa shape index (κ1) is 13.7. The fraction of sp³-hybridized carbons (Fsp3) is 0.0667. The summed E-state index contributed by atoms with van der Waals surface area (Å²) in [4.78, 5) is 0. The summed E-state index contributed by atoms with van der Waals surface area (Å²) in [6, 6.07) is 11.2. The summed E-state index contributed by atoms with van der Waals surface area (Å²) in [5, 5.41) is 20.9. The Bertz CT molecular complexity index is 707. The van der Waals surface area contributed by atoms with Crippen LogP contribution in [0.2, 0.25) is 0 Å². The van der Waals surface area contributed by atoms with Crippen molar-refractivity contribution in [3.8, 4) is 0 Å². The van der Waals surface area contributed by atoms with E-state index >= 15 is 0 Å². The van der Waals surface area contributed by atoms with E-state index in [9.17, 15) is 0 Å². The van der Waals surface area contributed by atoms with Gasteiger partial charge < -0.3 is 21.1 Å². The van der Waals surface area contributed by atoms with Gasteiger partial charge in [-0.2, -0.15) is 5.10 Å². The number of rotatable bonds is 5. The van der Waals surface area contributed by atoms with E-state index in [4.69, 9.17) is 15.9 Å². The molecule has 0 amide bonds. The molecule has 2 aromatic rings. The summed E-state index contributed by atoms with van der Waals surface area (Å²) >= 11 is 0. The molecule has 7 nitrogen and oxygen atoms in total. The maximum Gasteiger partial charge on any atom is 0.259 e. The fourth-order valence-electron chi connectivity index (χ4n) is 2.08. The van der Waals surface area contributed by atoms with Crippen LogP contribution in [0.3, 0.4) is 0 Å². The summed E-state index contributed by atoms with van der Waals surface area (Å²) < 4.78 is 5.60. The van der Waals surface area contributed by atoms with Crippen LogP contribution in [0.4, 0.5) is 11.5 Å². The van der Waals surface area contributed by atoms with Crippen molar-refractivity contribution >= 4 is 17.3 Å². The second-order valence-corrected chi connectivity index (χ2v) is 4.76. The standard InChI is InChI=1S/C15H16N6O/c16-14(17)15(20-11-4-2-1-3-5-11)10-12(7-9-22-15)19-13-6-8-18-21-13/h1-10,20H,(H3,16,17)(H2,18,19,21). The lowest BCUT2D eigenvalue weighted by Gasteiger charge is -2.33. The summed E-state index contributed by atoms with van der Waals surface area (Å²) in [5.41, 5.74) is 6.04. The fourth-order valence-corrected chi connectivity index (χ4v) is 2.08. The van der Waals surface area contributed by atoms with Gasteiger partial charge in [-0.1, -0.05) is 18.2 Å². The van der Waals surface area contributed by atoms with Crippen molar-refractivity contribution in [1.29, 1.82) is 5.41 Å². The number of hydrogen-bond donors (Lipinski definition) is 5. The topological polar surface area (TPSA) is 112 Å². The Labute approximate surface area is 127 Å². The highest BCUT2D eigenvalue weighted by molar-refractivity contribution is 5.91. The molecule has 1 aromatic carbocycles. The molecule has 22 heavy (non-hydrogen) atoms. The highest BCUT2D eigenvalue weighted by Crippen LogP contribution is 2.24. The minimum atomic E-state index is -1.24. The molecule has 1 aromatic heterocycles. The van der Waals surface area contributed by atoms with E-state index in [0.29, 0.717) is 0 Å². The quantitative estimate of drug-likeness (QED) is 0.428. The van der Waals surface area contributed by atoms with E-state index in [1.165, 1.54) is 6.26 Å². The molecule has 0 radical (unpaired) electrons. The minimum absolute atomic E-state index is 0.149. The first-order chi connectivity index (χ1) is 10.7. The van der Waals surface area contributed by atoms with Crippen LogP contribution in [0.1, 0.15) is 0 Å². The van der Waals surface area contributed by atoms with Gasteiger partial charge in [0.15, 0.2) is 5.84 Å². The van der Waals surface area contributed by atoms with E-state index in [-0.39, 0.29) is 5.84 Å². The van der Waals surface area contributed by atoms with Crippen LogP contribution in [-0.4, -0.2) is 21.8 Å². The second kappa shape index (κ2) is 5.65. The first-order valence-electron chi connectivity index (χ1n) is 6.69. The molecule has 6 N–H and O–H groups in total. The number of aromatic amines is 1. The molecule has 1 unspecified atom stereocenters. The Kier molecular flexibility index (Phi) is 3.53. The highest BCUT2D eigenvalue weighted by Gasteiger charge is 2.35. The summed E-state index contributed by atoms with van der Waals surface area (Å²) in [5.74, 6) is 0.583. The molecule has 1 atom stereocenters. The number of nitrogens with two attached hydrogens (primary N) is 1. The number of nitrogens with zero attached hydrogens (tertiary/aromatic N) is 1. The average molecular weight is 296 g/mol. The number of benzene rings is 1. The van der Waals surface area contributed by atoms with Gasteiger partial charge in [0.1, 0.15) is 5.82 Å². The maximum absolute atomic E-state index is 7.89. The Morgan fingerprint density at radius 2 is 2.09 bits per heavy atom. The molecule has 0 spiro atoms. The second-order valence-electron chi connectivity index (χ2n) is 4.76. The van der Waals surface area contributed by atoms with Crippen LogP contribution < -0.4 is 16.4 Å². The molecule has 0 aliphatic carbocycles. The normalized spacial score (nSPS) is 19.9. The number of amidine groups is 1. The molecule has 0 fully saturated rings. The molecule has 0 saturated carbocycles. The van der Waals surface area contributed by atoms with Gasteiger partial charge in [-0.05, 0) is 18.2 Å². The largest absolute Gasteiger partial charge is 0.464 e. The number of allylic oxidation sites excluding steroid dienone is 1. The highest BCUT2D eigenvalue weighted by atomic mass is 16.5. The predicted molar refractivity (Wildman–Crippen MR) is 85.2 cm³/mol. The minimum Gasteiger partial charge on any atom is -0.464 e. The molecule has 2 heterocycles. The summed E-state index contributed by atoms with van der Waals surface area (Å²) in [6.07, 6.45) is 6.60. The average Bonchev–Trinajstić information content (AvgIpc) is 3.01. The van der Waals surface area contributed by atoms with Gasteiger partial charge in [-0.15, -0.1) is 0 Å². The first-order valence-corrected chi connectivity index (χ1v) is 6.69. The van der Waals surface area contributed by atoms with E-state index in [2.05, 4.69) is 20.8 Å². The lowest BCUT2D eigenvalue weighted by Crippen LogP contribution is -2.51. The van der Waals surface area contributed by atoms with Crippen molar-refractivity contribution in [1.82, 2.24) is 10.2 Å². The smallest absolute Gasteiger partial charge is 0.259 e. The lowest BCUT2D eigenvalue weighted by molar-refractivity contribution is 0.152. The van der Waals surface area contributed by atoms with E-state index in [1.54, 1.807) is 24.4 Å². The number of aromatic nitrogens is 2. The van der Waals surface area contributed by atoms with Gasteiger partial charge in [0.05, 0.1) is 12.5 Å². The number of anilines is 2. The van der Waals surface area contributed by atoms with Crippen LogP contribution in [0.15, 0.2) is 66.7 Å². The molecule has 3 rings (SSSR count). The monoisotopic (exact) mass is 296 g/mol. The van der Waals surface area contributed by atoms with E-state index in [1.807, 2.05) is 30.3 Å². The van der Waals surface area contributed by atoms with Crippen molar-refractivity contribution in [3.63, 3.8) is 0 Å². The van der Waals surface area contributed by atoms with Crippen molar-refractivity contribution in [2.24, 2.45) is 5.73 Å². The zero-order chi connectivity index (χ0) is 15.4. The number of ether oxygens (including phenoxy) is 1. The SMILES string of the molecule is N=C(N)C1(Nc2ccccc2)C=C(Nc2ccn[nH]2)C=CO1. The molecular formula is C15H16N6O. The van der Waals surface area contributed by atoms with Crippen molar-refractivity contribution in [2.45, 2.75) is 5.72 Å². The molecule has 1 aliphatic heterocycles. The predicted octanol–water partition coefficient (Wildman–Crippen LogP) is 1.99. The van der Waals surface area contributed by atoms with Crippen molar-refractivity contribution in [2.75, 3.05) is 10.6 Å². The van der Waals surface area contributed by atoms with Crippen LogP contribution in [-0.2, 0) is 4.74 Å². The summed E-state index contributed by atoms with van der Waals surface area (Å²) in [6.45, 7) is 0. The lowest BCUT2D eigenvalue weighted by atomic mass is 10.1. The molecule has 0 bridgehead atoms. The maximum atomic E-state index is 7.89. The van der Waals surface area contributed by atoms with Crippen molar-refractivity contribution in [3.05, 3.63) is 66.7 Å². The van der Waals surface area contributed by atoms with Gasteiger partial charge in [0.25, 0.3) is 5.72 Å². The number of nitrogens with one attached hydrogen (secondary N) is 4. The van der Waals surface area contributed by atoms with Gasteiger partial charge in [-0.3, -0.25) is 10.5 Å². The van der Waals surface area contributed by atoms with E-state index < -0.39 is 5.72 Å². The molecular weight excluding hydrogens is 280 g/mol.